The van der Waals surface area contributed by atoms with E-state index < -0.39 is 5.82 Å². The van der Waals surface area contributed by atoms with E-state index in [2.05, 4.69) is 10.6 Å². The lowest BCUT2D eigenvalue weighted by atomic mass is 10.2. The number of hydrogen-bond acceptors (Lipinski definition) is 4. The van der Waals surface area contributed by atoms with E-state index in [1.807, 2.05) is 6.07 Å². The molecule has 0 heterocycles. The maximum absolute atomic E-state index is 13.5. The van der Waals surface area contributed by atoms with Gasteiger partial charge in [0.25, 0.3) is 0 Å². The number of ether oxygens (including phenoxy) is 1. The van der Waals surface area contributed by atoms with Crippen LogP contribution in [0.15, 0.2) is 42.5 Å². The van der Waals surface area contributed by atoms with Gasteiger partial charge in [0.1, 0.15) is 23.2 Å². The maximum Gasteiger partial charge on any atom is 0.244 e. The summed E-state index contributed by atoms with van der Waals surface area (Å²) in [7, 11) is 1.54. The van der Waals surface area contributed by atoms with Crippen LogP contribution in [-0.2, 0) is 4.79 Å². The van der Waals surface area contributed by atoms with Crippen LogP contribution in [0.1, 0.15) is 11.1 Å². The molecule has 1 amide bonds. The van der Waals surface area contributed by atoms with Crippen molar-refractivity contribution >= 4 is 29.3 Å². The highest BCUT2D eigenvalue weighted by Gasteiger charge is 2.07. The van der Waals surface area contributed by atoms with Gasteiger partial charge < -0.3 is 15.4 Å². The van der Waals surface area contributed by atoms with Crippen LogP contribution in [0.2, 0.25) is 5.02 Å². The third-order valence-corrected chi connectivity index (χ3v) is 3.71. The van der Waals surface area contributed by atoms with Gasteiger partial charge in [-0.2, -0.15) is 5.26 Å². The SMILES string of the molecule is COc1ccc(Cl)cc1C=CC(=O)NCCNc1cccc(F)c1C#N. The van der Waals surface area contributed by atoms with Crippen molar-refractivity contribution in [3.8, 4) is 11.8 Å². The van der Waals surface area contributed by atoms with Crippen LogP contribution in [-0.4, -0.2) is 26.1 Å². The van der Waals surface area contributed by atoms with E-state index in [1.165, 1.54) is 25.3 Å². The standard InChI is InChI=1S/C19H17ClFN3O2/c1-26-18-7-6-14(20)11-13(18)5-8-19(25)24-10-9-23-17-4-2-3-16(21)15(17)12-22/h2-8,11,23H,9-10H2,1H3,(H,24,25). The molecule has 0 fully saturated rings. The molecule has 0 saturated carbocycles. The van der Waals surface area contributed by atoms with E-state index in [9.17, 15) is 9.18 Å². The molecule has 0 bridgehead atoms. The van der Waals surface area contributed by atoms with Crippen molar-refractivity contribution in [1.29, 1.82) is 5.26 Å². The average molecular weight is 374 g/mol. The van der Waals surface area contributed by atoms with Crippen LogP contribution >= 0.6 is 11.6 Å². The first-order chi connectivity index (χ1) is 12.5. The summed E-state index contributed by atoms with van der Waals surface area (Å²) in [6, 6.07) is 11.3. The number of nitrogens with zero attached hydrogens (tertiary/aromatic N) is 1. The Hall–Kier alpha value is -3.04. The molecule has 5 nitrogen and oxygen atoms in total. The fraction of sp³-hybridized carbons (Fsp3) is 0.158. The third kappa shape index (κ3) is 5.23. The first kappa shape index (κ1) is 19.3. The lowest BCUT2D eigenvalue weighted by molar-refractivity contribution is -0.116. The molecule has 0 aliphatic heterocycles. The van der Waals surface area contributed by atoms with E-state index >= 15 is 0 Å². The maximum atomic E-state index is 13.5. The van der Waals surface area contributed by atoms with Gasteiger partial charge in [-0.1, -0.05) is 17.7 Å². The zero-order valence-electron chi connectivity index (χ0n) is 14.1. The first-order valence-corrected chi connectivity index (χ1v) is 8.15. The Kier molecular flexibility index (Phi) is 7.01. The van der Waals surface area contributed by atoms with Gasteiger partial charge in [-0.25, -0.2) is 4.39 Å². The Morgan fingerprint density at radius 2 is 2.15 bits per heavy atom. The van der Waals surface area contributed by atoms with E-state index in [-0.39, 0.29) is 11.5 Å². The number of carbonyl (C=O) groups excluding carboxylic acids is 1. The minimum absolute atomic E-state index is 0.0493. The highest BCUT2D eigenvalue weighted by Crippen LogP contribution is 2.23. The van der Waals surface area contributed by atoms with Crippen molar-refractivity contribution in [3.05, 3.63) is 64.4 Å². The van der Waals surface area contributed by atoms with Gasteiger partial charge in [0.05, 0.1) is 12.8 Å². The molecule has 0 aromatic heterocycles. The number of methoxy groups -OCH3 is 1. The lowest BCUT2D eigenvalue weighted by Crippen LogP contribution is -2.27. The number of anilines is 1. The number of halogens is 2. The summed E-state index contributed by atoms with van der Waals surface area (Å²) >= 11 is 5.94. The number of hydrogen-bond donors (Lipinski definition) is 2. The molecule has 134 valence electrons. The largest absolute Gasteiger partial charge is 0.496 e. The molecule has 0 aliphatic carbocycles. The molecule has 0 spiro atoms. The van der Waals surface area contributed by atoms with Crippen LogP contribution in [0.25, 0.3) is 6.08 Å². The van der Waals surface area contributed by atoms with E-state index in [0.29, 0.717) is 35.1 Å². The van der Waals surface area contributed by atoms with Gasteiger partial charge in [-0.05, 0) is 36.4 Å². The average Bonchev–Trinajstić information content (AvgIpc) is 2.63. The van der Waals surface area contributed by atoms with Crippen molar-refractivity contribution in [1.82, 2.24) is 5.32 Å². The van der Waals surface area contributed by atoms with Gasteiger partial charge in [0.15, 0.2) is 0 Å². The predicted octanol–water partition coefficient (Wildman–Crippen LogP) is 3.60. The van der Waals surface area contributed by atoms with E-state index in [4.69, 9.17) is 21.6 Å². The zero-order valence-corrected chi connectivity index (χ0v) is 14.8. The summed E-state index contributed by atoms with van der Waals surface area (Å²) in [4.78, 5) is 11.9. The van der Waals surface area contributed by atoms with E-state index in [0.717, 1.165) is 0 Å². The summed E-state index contributed by atoms with van der Waals surface area (Å²) in [5.41, 5.74) is 1.03. The molecule has 2 rings (SSSR count). The summed E-state index contributed by atoms with van der Waals surface area (Å²) in [5.74, 6) is -0.274. The number of nitrogens with one attached hydrogen (secondary N) is 2. The van der Waals surface area contributed by atoms with Crippen molar-refractivity contribution in [3.63, 3.8) is 0 Å². The summed E-state index contributed by atoms with van der Waals surface area (Å²) in [6.45, 7) is 0.648. The van der Waals surface area contributed by atoms with Gasteiger partial charge in [-0.3, -0.25) is 4.79 Å². The van der Waals surface area contributed by atoms with Gasteiger partial charge in [0, 0.05) is 29.8 Å². The number of benzene rings is 2. The normalized spacial score (nSPS) is 10.4. The van der Waals surface area contributed by atoms with E-state index in [1.54, 1.807) is 30.3 Å². The minimum Gasteiger partial charge on any atom is -0.496 e. The number of nitriles is 1. The molecule has 2 N–H and O–H groups in total. The number of amides is 1. The molecule has 26 heavy (non-hydrogen) atoms. The third-order valence-electron chi connectivity index (χ3n) is 3.47. The van der Waals surface area contributed by atoms with Crippen molar-refractivity contribution in [2.24, 2.45) is 0 Å². The molecular formula is C19H17ClFN3O2. The second-order valence-electron chi connectivity index (χ2n) is 5.21. The highest BCUT2D eigenvalue weighted by atomic mass is 35.5. The molecular weight excluding hydrogens is 357 g/mol. The number of rotatable bonds is 7. The predicted molar refractivity (Wildman–Crippen MR) is 99.7 cm³/mol. The van der Waals surface area contributed by atoms with Gasteiger partial charge >= 0.3 is 0 Å². The summed E-state index contributed by atoms with van der Waals surface area (Å²) in [5, 5.41) is 15.1. The topological polar surface area (TPSA) is 74.2 Å². The number of carbonyl (C=O) groups is 1. The molecule has 0 aliphatic rings. The van der Waals surface area contributed by atoms with Gasteiger partial charge in [0.2, 0.25) is 5.91 Å². The molecule has 0 unspecified atom stereocenters. The quantitative estimate of drug-likeness (QED) is 0.574. The smallest absolute Gasteiger partial charge is 0.244 e. The Morgan fingerprint density at radius 3 is 2.88 bits per heavy atom. The Labute approximate surface area is 156 Å². The zero-order chi connectivity index (χ0) is 18.9. The molecule has 7 heteroatoms. The van der Waals surface area contributed by atoms with Crippen molar-refractivity contribution in [2.75, 3.05) is 25.5 Å². The highest BCUT2D eigenvalue weighted by molar-refractivity contribution is 6.30. The van der Waals surface area contributed by atoms with Crippen molar-refractivity contribution < 1.29 is 13.9 Å². The lowest BCUT2D eigenvalue weighted by Gasteiger charge is -2.09. The Balaban J connectivity index is 1.86. The van der Waals surface area contributed by atoms with Crippen LogP contribution in [0.4, 0.5) is 10.1 Å². The Bertz CT molecular complexity index is 862. The van der Waals surface area contributed by atoms with Crippen LogP contribution < -0.4 is 15.4 Å². The van der Waals surface area contributed by atoms with Crippen LogP contribution in [0, 0.1) is 17.1 Å². The first-order valence-electron chi connectivity index (χ1n) is 7.77. The van der Waals surface area contributed by atoms with Crippen molar-refractivity contribution in [2.45, 2.75) is 0 Å². The molecule has 0 saturated heterocycles. The van der Waals surface area contributed by atoms with Gasteiger partial charge in [-0.15, -0.1) is 0 Å². The molecule has 2 aromatic carbocycles. The fourth-order valence-corrected chi connectivity index (χ4v) is 2.41. The minimum atomic E-state index is -0.583. The Morgan fingerprint density at radius 1 is 1.35 bits per heavy atom. The molecule has 0 radical (unpaired) electrons. The molecule has 0 atom stereocenters. The molecule has 2 aromatic rings. The second-order valence-corrected chi connectivity index (χ2v) is 5.65. The fourth-order valence-electron chi connectivity index (χ4n) is 2.23. The summed E-state index contributed by atoms with van der Waals surface area (Å²) in [6.07, 6.45) is 2.98. The van der Waals surface area contributed by atoms with Crippen LogP contribution in [0.5, 0.6) is 5.75 Å². The summed E-state index contributed by atoms with van der Waals surface area (Å²) < 4.78 is 18.7. The second kappa shape index (κ2) is 9.44. The van der Waals surface area contributed by atoms with Crippen LogP contribution in [0.3, 0.4) is 0 Å². The monoisotopic (exact) mass is 373 g/mol.